The fraction of sp³-hybridized carbons (Fsp3) is 0.455. The largest absolute Gasteiger partial charge is 0.383 e. The van der Waals surface area contributed by atoms with E-state index in [1.165, 1.54) is 6.33 Å². The standard InChI is InChI=1S/C11H16FN3/c1-3-4-5-6-9(12)10-8(2)14-7-15-11(10)13/h6-7H,3-5H2,1-2H3,(H2,13,14,15)/b9-6+. The molecule has 0 aliphatic carbocycles. The van der Waals surface area contributed by atoms with Crippen LogP contribution in [0.15, 0.2) is 12.4 Å². The zero-order chi connectivity index (χ0) is 11.3. The van der Waals surface area contributed by atoms with Crippen LogP contribution < -0.4 is 5.73 Å². The van der Waals surface area contributed by atoms with Crippen LogP contribution in [0.1, 0.15) is 37.4 Å². The molecule has 82 valence electrons. The number of anilines is 1. The topological polar surface area (TPSA) is 51.8 Å². The van der Waals surface area contributed by atoms with Gasteiger partial charge in [-0.15, -0.1) is 0 Å². The second kappa shape index (κ2) is 5.44. The van der Waals surface area contributed by atoms with Gasteiger partial charge in [-0.25, -0.2) is 14.4 Å². The molecule has 0 bridgehead atoms. The van der Waals surface area contributed by atoms with Crippen LogP contribution in [0, 0.1) is 6.92 Å². The minimum Gasteiger partial charge on any atom is -0.383 e. The van der Waals surface area contributed by atoms with Crippen LogP contribution in [0.4, 0.5) is 10.2 Å². The van der Waals surface area contributed by atoms with E-state index in [0.29, 0.717) is 11.3 Å². The highest BCUT2D eigenvalue weighted by Crippen LogP contribution is 2.23. The Hall–Kier alpha value is -1.45. The molecule has 4 heteroatoms. The summed E-state index contributed by atoms with van der Waals surface area (Å²) in [6.45, 7) is 3.79. The Morgan fingerprint density at radius 3 is 2.87 bits per heavy atom. The molecule has 1 aromatic heterocycles. The van der Waals surface area contributed by atoms with E-state index in [-0.39, 0.29) is 11.6 Å². The molecule has 0 radical (unpaired) electrons. The Kier molecular flexibility index (Phi) is 4.21. The number of allylic oxidation sites excluding steroid dienone is 1. The van der Waals surface area contributed by atoms with Gasteiger partial charge in [0.1, 0.15) is 18.0 Å². The molecule has 0 amide bonds. The number of aryl methyl sites for hydroxylation is 1. The zero-order valence-corrected chi connectivity index (χ0v) is 9.13. The minimum atomic E-state index is -0.320. The minimum absolute atomic E-state index is 0.202. The van der Waals surface area contributed by atoms with Crippen LogP contribution >= 0.6 is 0 Å². The van der Waals surface area contributed by atoms with Crippen molar-refractivity contribution in [1.82, 2.24) is 9.97 Å². The van der Waals surface area contributed by atoms with Crippen molar-refractivity contribution in [3.05, 3.63) is 23.7 Å². The molecule has 0 saturated carbocycles. The van der Waals surface area contributed by atoms with E-state index >= 15 is 0 Å². The van der Waals surface area contributed by atoms with Gasteiger partial charge in [0.2, 0.25) is 0 Å². The summed E-state index contributed by atoms with van der Waals surface area (Å²) in [6, 6.07) is 0. The third kappa shape index (κ3) is 3.01. The predicted octanol–water partition coefficient (Wildman–Crippen LogP) is 2.87. The van der Waals surface area contributed by atoms with Gasteiger partial charge in [0.05, 0.1) is 11.3 Å². The number of aromatic nitrogens is 2. The molecule has 2 N–H and O–H groups in total. The first-order valence-corrected chi connectivity index (χ1v) is 5.10. The average molecular weight is 209 g/mol. The van der Waals surface area contributed by atoms with E-state index in [1.54, 1.807) is 13.0 Å². The van der Waals surface area contributed by atoms with Crippen LogP contribution in [0.3, 0.4) is 0 Å². The number of hydrogen-bond donors (Lipinski definition) is 1. The number of halogens is 1. The SMILES string of the molecule is CCCC/C=C(/F)c1c(C)ncnc1N. The smallest absolute Gasteiger partial charge is 0.137 e. The van der Waals surface area contributed by atoms with Crippen LogP contribution in [0.25, 0.3) is 5.83 Å². The van der Waals surface area contributed by atoms with Gasteiger partial charge in [-0.1, -0.05) is 13.3 Å². The Labute approximate surface area is 89.2 Å². The molecule has 0 atom stereocenters. The monoisotopic (exact) mass is 209 g/mol. The van der Waals surface area contributed by atoms with Crippen molar-refractivity contribution in [1.29, 1.82) is 0 Å². The number of nitrogen functional groups attached to an aromatic ring is 1. The molecule has 3 nitrogen and oxygen atoms in total. The summed E-state index contributed by atoms with van der Waals surface area (Å²) in [5.74, 6) is -0.119. The van der Waals surface area contributed by atoms with E-state index in [1.807, 2.05) is 0 Å². The number of hydrogen-bond acceptors (Lipinski definition) is 3. The molecule has 0 aliphatic rings. The van der Waals surface area contributed by atoms with E-state index in [0.717, 1.165) is 19.3 Å². The van der Waals surface area contributed by atoms with Gasteiger partial charge >= 0.3 is 0 Å². The summed E-state index contributed by atoms with van der Waals surface area (Å²) in [6.07, 6.45) is 5.62. The summed E-state index contributed by atoms with van der Waals surface area (Å²) >= 11 is 0. The molecule has 1 aromatic rings. The molecule has 1 heterocycles. The van der Waals surface area contributed by atoms with Gasteiger partial charge < -0.3 is 5.73 Å². The number of nitrogens with zero attached hydrogens (tertiary/aromatic N) is 2. The lowest BCUT2D eigenvalue weighted by Crippen LogP contribution is -2.00. The lowest BCUT2D eigenvalue weighted by atomic mass is 10.1. The van der Waals surface area contributed by atoms with Gasteiger partial charge in [0.25, 0.3) is 0 Å². The van der Waals surface area contributed by atoms with Gasteiger partial charge in [-0.05, 0) is 25.8 Å². The maximum absolute atomic E-state index is 13.7. The van der Waals surface area contributed by atoms with Crippen LogP contribution in [0.5, 0.6) is 0 Å². The van der Waals surface area contributed by atoms with E-state index in [2.05, 4.69) is 16.9 Å². The molecule has 0 aromatic carbocycles. The second-order valence-corrected chi connectivity index (χ2v) is 3.41. The van der Waals surface area contributed by atoms with E-state index < -0.39 is 0 Å². The summed E-state index contributed by atoms with van der Waals surface area (Å²) in [5, 5.41) is 0. The number of nitrogens with two attached hydrogens (primary N) is 1. The second-order valence-electron chi connectivity index (χ2n) is 3.41. The molecule has 0 spiro atoms. The maximum atomic E-state index is 13.7. The Balaban J connectivity index is 2.90. The first kappa shape index (κ1) is 11.6. The van der Waals surface area contributed by atoms with Gasteiger partial charge in [0.15, 0.2) is 0 Å². The van der Waals surface area contributed by atoms with Gasteiger partial charge in [-0.3, -0.25) is 0 Å². The zero-order valence-electron chi connectivity index (χ0n) is 9.13. The molecular weight excluding hydrogens is 193 g/mol. The highest BCUT2D eigenvalue weighted by molar-refractivity contribution is 5.69. The molecule has 0 saturated heterocycles. The normalized spacial score (nSPS) is 11.8. The van der Waals surface area contributed by atoms with Gasteiger partial charge in [-0.2, -0.15) is 0 Å². The molecule has 1 rings (SSSR count). The van der Waals surface area contributed by atoms with Crippen molar-refractivity contribution in [2.45, 2.75) is 33.1 Å². The lowest BCUT2D eigenvalue weighted by molar-refractivity contribution is 0.738. The summed E-state index contributed by atoms with van der Waals surface area (Å²) in [7, 11) is 0. The summed E-state index contributed by atoms with van der Waals surface area (Å²) in [4.78, 5) is 7.69. The molecule has 0 aliphatic heterocycles. The average Bonchev–Trinajstić information content (AvgIpc) is 2.18. The highest BCUT2D eigenvalue weighted by atomic mass is 19.1. The van der Waals surface area contributed by atoms with Crippen molar-refractivity contribution >= 4 is 11.6 Å². The lowest BCUT2D eigenvalue weighted by Gasteiger charge is -2.04. The van der Waals surface area contributed by atoms with Gasteiger partial charge in [0, 0.05) is 0 Å². The Bertz CT molecular complexity index is 341. The van der Waals surface area contributed by atoms with Crippen LogP contribution in [-0.4, -0.2) is 9.97 Å². The number of unbranched alkanes of at least 4 members (excludes halogenated alkanes) is 2. The first-order valence-electron chi connectivity index (χ1n) is 5.10. The number of rotatable bonds is 4. The van der Waals surface area contributed by atoms with Crippen LogP contribution in [-0.2, 0) is 0 Å². The van der Waals surface area contributed by atoms with Crippen molar-refractivity contribution in [2.24, 2.45) is 0 Å². The Morgan fingerprint density at radius 2 is 2.27 bits per heavy atom. The molecular formula is C11H16FN3. The fourth-order valence-electron chi connectivity index (χ4n) is 1.32. The molecule has 15 heavy (non-hydrogen) atoms. The summed E-state index contributed by atoms with van der Waals surface area (Å²) < 4.78 is 13.7. The van der Waals surface area contributed by atoms with E-state index in [4.69, 9.17) is 5.73 Å². The third-order valence-electron chi connectivity index (χ3n) is 2.19. The maximum Gasteiger partial charge on any atom is 0.137 e. The van der Waals surface area contributed by atoms with E-state index in [9.17, 15) is 4.39 Å². The van der Waals surface area contributed by atoms with Crippen molar-refractivity contribution in [2.75, 3.05) is 5.73 Å². The molecule has 0 unspecified atom stereocenters. The molecule has 0 fully saturated rings. The third-order valence-corrected chi connectivity index (χ3v) is 2.19. The Morgan fingerprint density at radius 1 is 1.53 bits per heavy atom. The predicted molar refractivity (Wildman–Crippen MR) is 59.8 cm³/mol. The fourth-order valence-corrected chi connectivity index (χ4v) is 1.32. The quantitative estimate of drug-likeness (QED) is 0.776. The van der Waals surface area contributed by atoms with Crippen molar-refractivity contribution in [3.63, 3.8) is 0 Å². The van der Waals surface area contributed by atoms with Crippen molar-refractivity contribution < 1.29 is 4.39 Å². The highest BCUT2D eigenvalue weighted by Gasteiger charge is 2.09. The summed E-state index contributed by atoms with van der Waals surface area (Å²) in [5.41, 5.74) is 6.50. The van der Waals surface area contributed by atoms with Crippen molar-refractivity contribution in [3.8, 4) is 0 Å². The first-order chi connectivity index (χ1) is 7.16. The van der Waals surface area contributed by atoms with Crippen LogP contribution in [0.2, 0.25) is 0 Å².